The maximum Gasteiger partial charge on any atom is 0.416 e. The smallest absolute Gasteiger partial charge is 0.349 e. The SMILES string of the molecule is NCC(=O)N1CCCN(C2=NC(=O)/C(=C/c3ccc4c(cnn4Cc4ccc(Cl)cc4C(F)(F)F)c3)S2)CC1. The van der Waals surface area contributed by atoms with Gasteiger partial charge < -0.3 is 15.5 Å². The molecule has 0 radical (unpaired) electrons. The summed E-state index contributed by atoms with van der Waals surface area (Å²) in [5, 5.41) is 5.63. The molecular weight excluding hydrogens is 553 g/mol. The average Bonchev–Trinajstić information content (AvgIpc) is 3.36. The monoisotopic (exact) mass is 576 g/mol. The molecule has 0 spiro atoms. The van der Waals surface area contributed by atoms with Gasteiger partial charge in [0.05, 0.1) is 35.3 Å². The van der Waals surface area contributed by atoms with E-state index in [0.29, 0.717) is 41.8 Å². The lowest BCUT2D eigenvalue weighted by Gasteiger charge is -2.22. The van der Waals surface area contributed by atoms with E-state index in [9.17, 15) is 22.8 Å². The van der Waals surface area contributed by atoms with Crippen LogP contribution in [0.5, 0.6) is 0 Å². The molecule has 2 aliphatic rings. The Hall–Kier alpha value is -3.35. The summed E-state index contributed by atoms with van der Waals surface area (Å²) in [6.07, 6.45) is -0.468. The van der Waals surface area contributed by atoms with Crippen LogP contribution in [0.3, 0.4) is 0 Å². The molecular formula is C26H24ClF3N6O2S. The lowest BCUT2D eigenvalue weighted by molar-refractivity contribution is -0.138. The number of thioether (sulfide) groups is 1. The molecule has 0 saturated carbocycles. The van der Waals surface area contributed by atoms with E-state index < -0.39 is 11.7 Å². The quantitative estimate of drug-likeness (QED) is 0.467. The maximum atomic E-state index is 13.5. The van der Waals surface area contributed by atoms with Crippen molar-refractivity contribution in [2.75, 3.05) is 32.7 Å². The summed E-state index contributed by atoms with van der Waals surface area (Å²) in [5.74, 6) is -0.436. The Morgan fingerprint density at radius 1 is 1.13 bits per heavy atom. The molecule has 2 aromatic carbocycles. The van der Waals surface area contributed by atoms with Crippen LogP contribution >= 0.6 is 23.4 Å². The third-order valence-corrected chi connectivity index (χ3v) is 7.84. The number of nitrogens with two attached hydrogens (primary N) is 1. The lowest BCUT2D eigenvalue weighted by Crippen LogP contribution is -2.39. The molecule has 0 unspecified atom stereocenters. The summed E-state index contributed by atoms with van der Waals surface area (Å²) in [4.78, 5) is 33.0. The van der Waals surface area contributed by atoms with Gasteiger partial charge in [0.2, 0.25) is 5.91 Å². The predicted molar refractivity (Wildman–Crippen MR) is 145 cm³/mol. The number of nitrogens with zero attached hydrogens (tertiary/aromatic N) is 5. The van der Waals surface area contributed by atoms with Crippen molar-refractivity contribution < 1.29 is 22.8 Å². The summed E-state index contributed by atoms with van der Waals surface area (Å²) < 4.78 is 42.1. The third-order valence-electron chi connectivity index (χ3n) is 6.56. The highest BCUT2D eigenvalue weighted by Gasteiger charge is 2.34. The minimum Gasteiger partial charge on any atom is -0.349 e. The highest BCUT2D eigenvalue weighted by atomic mass is 35.5. The van der Waals surface area contributed by atoms with E-state index in [4.69, 9.17) is 17.3 Å². The van der Waals surface area contributed by atoms with Gasteiger partial charge in [-0.25, -0.2) is 0 Å². The Morgan fingerprint density at radius 2 is 1.95 bits per heavy atom. The second-order valence-electron chi connectivity index (χ2n) is 9.16. The highest BCUT2D eigenvalue weighted by Crippen LogP contribution is 2.35. The van der Waals surface area contributed by atoms with Crippen molar-refractivity contribution in [2.45, 2.75) is 19.1 Å². The normalized spacial score (nSPS) is 17.7. The molecule has 1 aromatic heterocycles. The summed E-state index contributed by atoms with van der Waals surface area (Å²) in [6, 6.07) is 9.08. The molecule has 13 heteroatoms. The number of aliphatic imine (C=N–C) groups is 1. The second kappa shape index (κ2) is 11.0. The topological polar surface area (TPSA) is 96.8 Å². The number of carbonyl (C=O) groups is 2. The van der Waals surface area contributed by atoms with Crippen molar-refractivity contribution in [3.05, 3.63) is 69.2 Å². The van der Waals surface area contributed by atoms with Gasteiger partial charge in [0.1, 0.15) is 0 Å². The van der Waals surface area contributed by atoms with E-state index in [0.717, 1.165) is 23.4 Å². The van der Waals surface area contributed by atoms with Gasteiger partial charge in [-0.1, -0.05) is 23.7 Å². The molecule has 3 heterocycles. The van der Waals surface area contributed by atoms with E-state index >= 15 is 0 Å². The van der Waals surface area contributed by atoms with Gasteiger partial charge in [-0.05, 0) is 59.7 Å². The van der Waals surface area contributed by atoms with Gasteiger partial charge in [0.25, 0.3) is 5.91 Å². The van der Waals surface area contributed by atoms with E-state index in [1.165, 1.54) is 28.6 Å². The number of alkyl halides is 3. The number of hydrogen-bond acceptors (Lipinski definition) is 6. The molecule has 0 aliphatic carbocycles. The maximum absolute atomic E-state index is 13.5. The zero-order valence-electron chi connectivity index (χ0n) is 20.6. The Morgan fingerprint density at radius 3 is 2.72 bits per heavy atom. The van der Waals surface area contributed by atoms with Crippen LogP contribution < -0.4 is 5.73 Å². The fourth-order valence-corrected chi connectivity index (χ4v) is 5.74. The summed E-state index contributed by atoms with van der Waals surface area (Å²) in [6.45, 7) is 2.27. The zero-order valence-corrected chi connectivity index (χ0v) is 22.2. The Labute approximate surface area is 231 Å². The van der Waals surface area contributed by atoms with Crippen LogP contribution in [0, 0.1) is 0 Å². The molecule has 5 rings (SSSR count). The van der Waals surface area contributed by atoms with Crippen molar-refractivity contribution in [1.82, 2.24) is 19.6 Å². The van der Waals surface area contributed by atoms with Crippen LogP contribution in [-0.2, 0) is 22.3 Å². The van der Waals surface area contributed by atoms with Gasteiger partial charge in [-0.3, -0.25) is 14.3 Å². The minimum absolute atomic E-state index is 0.0139. The zero-order chi connectivity index (χ0) is 27.7. The largest absolute Gasteiger partial charge is 0.416 e. The van der Waals surface area contributed by atoms with Crippen LogP contribution in [0.2, 0.25) is 5.02 Å². The van der Waals surface area contributed by atoms with E-state index in [-0.39, 0.29) is 35.5 Å². The number of aromatic nitrogens is 2. The number of halogens is 4. The summed E-state index contributed by atoms with van der Waals surface area (Å²) in [5.41, 5.74) is 6.15. The van der Waals surface area contributed by atoms with Crippen LogP contribution in [0.4, 0.5) is 13.2 Å². The molecule has 1 fully saturated rings. The molecule has 8 nitrogen and oxygen atoms in total. The fraction of sp³-hybridized carbons (Fsp3) is 0.308. The van der Waals surface area contributed by atoms with Crippen LogP contribution in [0.15, 0.2) is 52.5 Å². The van der Waals surface area contributed by atoms with Gasteiger partial charge in [0.15, 0.2) is 5.17 Å². The van der Waals surface area contributed by atoms with Crippen LogP contribution in [-0.4, -0.2) is 69.3 Å². The average molecular weight is 577 g/mol. The Kier molecular flexibility index (Phi) is 7.70. The summed E-state index contributed by atoms with van der Waals surface area (Å²) >= 11 is 7.08. The van der Waals surface area contributed by atoms with Crippen molar-refractivity contribution >= 4 is 57.3 Å². The summed E-state index contributed by atoms with van der Waals surface area (Å²) in [7, 11) is 0. The number of benzene rings is 2. The number of carbonyl (C=O) groups excluding carboxylic acids is 2. The predicted octanol–water partition coefficient (Wildman–Crippen LogP) is 4.22. The first-order valence-electron chi connectivity index (χ1n) is 12.2. The van der Waals surface area contributed by atoms with Gasteiger partial charge in [-0.2, -0.15) is 23.3 Å². The molecule has 3 aromatic rings. The molecule has 2 amide bonds. The van der Waals surface area contributed by atoms with E-state index in [1.54, 1.807) is 29.3 Å². The van der Waals surface area contributed by atoms with Crippen LogP contribution in [0.1, 0.15) is 23.1 Å². The van der Waals surface area contributed by atoms with Gasteiger partial charge >= 0.3 is 6.18 Å². The fourth-order valence-electron chi connectivity index (χ4n) is 4.60. The first-order valence-corrected chi connectivity index (χ1v) is 13.4. The van der Waals surface area contributed by atoms with E-state index in [1.807, 2.05) is 11.0 Å². The lowest BCUT2D eigenvalue weighted by atomic mass is 10.1. The van der Waals surface area contributed by atoms with Gasteiger partial charge in [-0.15, -0.1) is 0 Å². The van der Waals surface area contributed by atoms with Crippen molar-refractivity contribution in [1.29, 1.82) is 0 Å². The van der Waals surface area contributed by atoms with E-state index in [2.05, 4.69) is 10.1 Å². The number of hydrogen-bond donors (Lipinski definition) is 1. The van der Waals surface area contributed by atoms with Crippen molar-refractivity contribution in [3.8, 4) is 0 Å². The molecule has 0 atom stereocenters. The minimum atomic E-state index is -4.54. The molecule has 2 aliphatic heterocycles. The number of rotatable bonds is 4. The number of fused-ring (bicyclic) bond motifs is 1. The van der Waals surface area contributed by atoms with Crippen LogP contribution in [0.25, 0.3) is 17.0 Å². The molecule has 204 valence electrons. The van der Waals surface area contributed by atoms with Crippen molar-refractivity contribution in [3.63, 3.8) is 0 Å². The standard InChI is InChI=1S/C26H24ClF3N6O2S/c27-19-4-3-17(20(12-19)26(28,29)30)15-36-21-5-2-16(10-18(21)14-32-36)11-22-24(38)33-25(39-22)35-7-1-6-34(8-9-35)23(37)13-31/h2-5,10-12,14H,1,6-9,13,15,31H2/b22-11-. The third kappa shape index (κ3) is 5.97. The molecule has 39 heavy (non-hydrogen) atoms. The molecule has 2 N–H and O–H groups in total. The molecule has 1 saturated heterocycles. The van der Waals surface area contributed by atoms with Crippen molar-refractivity contribution in [2.24, 2.45) is 10.7 Å². The molecule has 0 bridgehead atoms. The second-order valence-corrected chi connectivity index (χ2v) is 10.6. The Bertz CT molecular complexity index is 1500. The number of amides is 2. The Balaban J connectivity index is 1.31. The van der Waals surface area contributed by atoms with Gasteiger partial charge in [0, 0.05) is 36.6 Å². The first kappa shape index (κ1) is 27.2. The highest BCUT2D eigenvalue weighted by molar-refractivity contribution is 8.18. The first-order chi connectivity index (χ1) is 18.6. The number of amidine groups is 1.